The van der Waals surface area contributed by atoms with Crippen molar-refractivity contribution in [2.45, 2.75) is 32.6 Å². The Bertz CT molecular complexity index is 1130. The quantitative estimate of drug-likeness (QED) is 0.629. The largest absolute Gasteiger partial charge is 0.481 e. The maximum Gasteiger partial charge on any atom is 0.313 e. The molecule has 0 spiro atoms. The summed E-state index contributed by atoms with van der Waals surface area (Å²) in [4.78, 5) is 34.1. The van der Waals surface area contributed by atoms with Crippen LogP contribution in [0.15, 0.2) is 29.1 Å². The summed E-state index contributed by atoms with van der Waals surface area (Å²) in [6.07, 6.45) is 5.87. The van der Waals surface area contributed by atoms with Gasteiger partial charge >= 0.3 is 5.97 Å². The molecule has 7 heteroatoms. The number of aryl methyl sites for hydroxylation is 3. The Morgan fingerprint density at radius 3 is 2.82 bits per heavy atom. The van der Waals surface area contributed by atoms with Gasteiger partial charge in [0, 0.05) is 4.88 Å². The number of fused-ring (bicyclic) bond motifs is 3. The Morgan fingerprint density at radius 1 is 1.32 bits per heavy atom. The third-order valence-electron chi connectivity index (χ3n) is 4.85. The predicted molar refractivity (Wildman–Crippen MR) is 116 cm³/mol. The molecule has 144 valence electrons. The SMILES string of the molecule is CCc1ccc(/C=C(\SCC(=O)O)c2nc3sc4c(c3c(=O)[nH]2)CCC4)cc1. The van der Waals surface area contributed by atoms with Crippen molar-refractivity contribution < 1.29 is 9.90 Å². The molecule has 1 aromatic carbocycles. The second-order valence-electron chi connectivity index (χ2n) is 6.74. The number of hydrogen-bond donors (Lipinski definition) is 2. The first-order valence-corrected chi connectivity index (χ1v) is 11.1. The molecule has 0 saturated carbocycles. The fourth-order valence-corrected chi connectivity index (χ4v) is 5.43. The van der Waals surface area contributed by atoms with Crippen LogP contribution < -0.4 is 5.56 Å². The zero-order chi connectivity index (χ0) is 19.7. The van der Waals surface area contributed by atoms with E-state index in [1.165, 1.54) is 22.2 Å². The minimum atomic E-state index is -0.907. The van der Waals surface area contributed by atoms with E-state index in [0.29, 0.717) is 16.1 Å². The van der Waals surface area contributed by atoms with Crippen LogP contribution in [0.5, 0.6) is 0 Å². The van der Waals surface area contributed by atoms with Crippen LogP contribution in [-0.4, -0.2) is 26.8 Å². The smallest absolute Gasteiger partial charge is 0.313 e. The van der Waals surface area contributed by atoms with Crippen molar-refractivity contribution >= 4 is 50.3 Å². The number of rotatable bonds is 6. The monoisotopic (exact) mass is 412 g/mol. The van der Waals surface area contributed by atoms with Gasteiger partial charge in [-0.15, -0.1) is 23.1 Å². The molecule has 1 aliphatic rings. The molecule has 0 aliphatic heterocycles. The van der Waals surface area contributed by atoms with Gasteiger partial charge in [0.25, 0.3) is 5.56 Å². The molecule has 0 bridgehead atoms. The van der Waals surface area contributed by atoms with Gasteiger partial charge in [0.2, 0.25) is 0 Å². The lowest BCUT2D eigenvalue weighted by molar-refractivity contribution is -0.133. The molecule has 0 saturated heterocycles. The van der Waals surface area contributed by atoms with E-state index in [0.717, 1.165) is 41.6 Å². The summed E-state index contributed by atoms with van der Waals surface area (Å²) in [7, 11) is 0. The number of nitrogens with one attached hydrogen (secondary N) is 1. The number of carboxylic acids is 1. The van der Waals surface area contributed by atoms with Crippen LogP contribution in [0.3, 0.4) is 0 Å². The van der Waals surface area contributed by atoms with Gasteiger partial charge in [-0.3, -0.25) is 9.59 Å². The van der Waals surface area contributed by atoms with Gasteiger partial charge in [-0.25, -0.2) is 4.98 Å². The van der Waals surface area contributed by atoms with Gasteiger partial charge in [-0.2, -0.15) is 0 Å². The second-order valence-corrected chi connectivity index (χ2v) is 8.84. The molecule has 0 fully saturated rings. The molecule has 5 nitrogen and oxygen atoms in total. The van der Waals surface area contributed by atoms with E-state index in [1.54, 1.807) is 11.3 Å². The Balaban J connectivity index is 1.78. The van der Waals surface area contributed by atoms with Gasteiger partial charge in [0.15, 0.2) is 0 Å². The van der Waals surface area contributed by atoms with Gasteiger partial charge in [0.05, 0.1) is 16.0 Å². The molecule has 0 unspecified atom stereocenters. The first-order valence-electron chi connectivity index (χ1n) is 9.25. The number of carboxylic acid groups (broad SMARTS) is 1. The number of hydrogen-bond acceptors (Lipinski definition) is 5. The van der Waals surface area contributed by atoms with Crippen molar-refractivity contribution in [3.63, 3.8) is 0 Å². The molecule has 0 atom stereocenters. The van der Waals surface area contributed by atoms with E-state index in [-0.39, 0.29) is 11.3 Å². The molecule has 2 aromatic heterocycles. The maximum absolute atomic E-state index is 12.8. The lowest BCUT2D eigenvalue weighted by Crippen LogP contribution is -2.11. The lowest BCUT2D eigenvalue weighted by Gasteiger charge is -2.07. The Morgan fingerprint density at radius 2 is 2.11 bits per heavy atom. The number of thioether (sulfide) groups is 1. The molecule has 3 aromatic rings. The fourth-order valence-electron chi connectivity index (χ4n) is 3.44. The Hall–Kier alpha value is -2.38. The number of aromatic nitrogens is 2. The summed E-state index contributed by atoms with van der Waals surface area (Å²) in [6.45, 7) is 2.10. The molecule has 2 N–H and O–H groups in total. The lowest BCUT2D eigenvalue weighted by atomic mass is 10.1. The third kappa shape index (κ3) is 3.77. The van der Waals surface area contributed by atoms with Gasteiger partial charge in [0.1, 0.15) is 10.7 Å². The Kier molecular flexibility index (Phi) is 5.37. The van der Waals surface area contributed by atoms with E-state index >= 15 is 0 Å². The number of benzene rings is 1. The zero-order valence-corrected chi connectivity index (χ0v) is 17.1. The van der Waals surface area contributed by atoms with Crippen LogP contribution in [0.4, 0.5) is 0 Å². The fraction of sp³-hybridized carbons (Fsp3) is 0.286. The normalized spacial score (nSPS) is 13.8. The Labute approximate surface area is 170 Å². The number of nitrogens with zero attached hydrogens (tertiary/aromatic N) is 1. The molecular formula is C21H20N2O3S2. The molecule has 28 heavy (non-hydrogen) atoms. The van der Waals surface area contributed by atoms with Crippen LogP contribution >= 0.6 is 23.1 Å². The van der Waals surface area contributed by atoms with Crippen LogP contribution in [-0.2, 0) is 24.1 Å². The van der Waals surface area contributed by atoms with Gasteiger partial charge in [-0.1, -0.05) is 31.2 Å². The molecule has 0 amide bonds. The minimum absolute atomic E-state index is 0.0957. The second kappa shape index (κ2) is 7.93. The van der Waals surface area contributed by atoms with Crippen LogP contribution in [0, 0.1) is 0 Å². The van der Waals surface area contributed by atoms with Gasteiger partial charge < -0.3 is 10.1 Å². The van der Waals surface area contributed by atoms with Crippen molar-refractivity contribution in [2.24, 2.45) is 0 Å². The number of H-pyrrole nitrogens is 1. The first kappa shape index (κ1) is 19.0. The highest BCUT2D eigenvalue weighted by Crippen LogP contribution is 2.36. The van der Waals surface area contributed by atoms with Crippen molar-refractivity contribution in [1.29, 1.82) is 0 Å². The van der Waals surface area contributed by atoms with Crippen molar-refractivity contribution in [3.05, 3.63) is 62.0 Å². The predicted octanol–water partition coefficient (Wildman–Crippen LogP) is 4.35. The molecular weight excluding hydrogens is 392 g/mol. The van der Waals surface area contributed by atoms with Crippen LogP contribution in [0.25, 0.3) is 21.2 Å². The van der Waals surface area contributed by atoms with E-state index in [1.807, 2.05) is 18.2 Å². The summed E-state index contributed by atoms with van der Waals surface area (Å²) in [6, 6.07) is 8.09. The van der Waals surface area contributed by atoms with E-state index in [9.17, 15) is 9.59 Å². The van der Waals surface area contributed by atoms with E-state index in [4.69, 9.17) is 5.11 Å². The molecule has 4 rings (SSSR count). The highest BCUT2D eigenvalue weighted by molar-refractivity contribution is 8.09. The first-order chi connectivity index (χ1) is 13.5. The summed E-state index contributed by atoms with van der Waals surface area (Å²) in [5.74, 6) is -0.569. The van der Waals surface area contributed by atoms with Crippen molar-refractivity contribution in [1.82, 2.24) is 9.97 Å². The van der Waals surface area contributed by atoms with E-state index in [2.05, 4.69) is 29.0 Å². The zero-order valence-electron chi connectivity index (χ0n) is 15.4. The summed E-state index contributed by atoms with van der Waals surface area (Å²) in [5, 5.41) is 9.82. The van der Waals surface area contributed by atoms with Crippen LogP contribution in [0.2, 0.25) is 0 Å². The number of thiophene rings is 1. The molecule has 0 radical (unpaired) electrons. The summed E-state index contributed by atoms with van der Waals surface area (Å²) >= 11 is 2.75. The molecule has 1 aliphatic carbocycles. The highest BCUT2D eigenvalue weighted by Gasteiger charge is 2.22. The number of aromatic amines is 1. The van der Waals surface area contributed by atoms with E-state index < -0.39 is 5.97 Å². The number of aliphatic carboxylic acids is 1. The molecule has 2 heterocycles. The summed E-state index contributed by atoms with van der Waals surface area (Å²) < 4.78 is 0. The van der Waals surface area contributed by atoms with Crippen LogP contribution in [0.1, 0.15) is 40.7 Å². The minimum Gasteiger partial charge on any atom is -0.481 e. The van der Waals surface area contributed by atoms with Crippen molar-refractivity contribution in [2.75, 3.05) is 5.75 Å². The average molecular weight is 413 g/mol. The maximum atomic E-state index is 12.8. The summed E-state index contributed by atoms with van der Waals surface area (Å²) in [5.41, 5.74) is 3.18. The van der Waals surface area contributed by atoms with Crippen molar-refractivity contribution in [3.8, 4) is 0 Å². The van der Waals surface area contributed by atoms with Gasteiger partial charge in [-0.05, 0) is 48.4 Å². The standard InChI is InChI=1S/C21H20N2O3S2/c1-2-12-6-8-13(9-7-12)10-16(27-11-17(24)25)19-22-20(26)18-14-4-3-5-15(14)28-21(18)23-19/h6-10H,2-5,11H2,1H3,(H,24,25)(H,22,23,26)/b16-10-. The third-order valence-corrected chi connectivity index (χ3v) is 7.04. The highest BCUT2D eigenvalue weighted by atomic mass is 32.2. The topological polar surface area (TPSA) is 83.0 Å². The number of carbonyl (C=O) groups is 1. The average Bonchev–Trinajstić information content (AvgIpc) is 3.26.